The standard InChI is InChI=1S/C17H17ClO2/c18-17(15-10-19-8-9-20-15)14-7-6-12-5-4-11-2-1-3-13(14)16(11)12/h1-3,6-7,15,17H,4-5,8-10H2. The van der Waals surface area contributed by atoms with Crippen molar-refractivity contribution in [2.45, 2.75) is 24.3 Å². The second-order valence-electron chi connectivity index (χ2n) is 5.54. The fourth-order valence-corrected chi connectivity index (χ4v) is 3.72. The molecule has 1 heterocycles. The molecule has 2 unspecified atom stereocenters. The highest BCUT2D eigenvalue weighted by atomic mass is 35.5. The topological polar surface area (TPSA) is 18.5 Å². The number of alkyl halides is 1. The Kier molecular flexibility index (Phi) is 3.18. The largest absolute Gasteiger partial charge is 0.376 e. The summed E-state index contributed by atoms with van der Waals surface area (Å²) in [4.78, 5) is 0. The first-order valence-corrected chi connectivity index (χ1v) is 7.65. The minimum atomic E-state index is -0.153. The monoisotopic (exact) mass is 288 g/mol. The average Bonchev–Trinajstić information content (AvgIpc) is 2.93. The van der Waals surface area contributed by atoms with E-state index < -0.39 is 0 Å². The fraction of sp³-hybridized carbons (Fsp3) is 0.412. The molecule has 1 saturated heterocycles. The van der Waals surface area contributed by atoms with Crippen molar-refractivity contribution in [1.82, 2.24) is 0 Å². The molecule has 0 spiro atoms. The summed E-state index contributed by atoms with van der Waals surface area (Å²) in [5, 5.41) is 2.54. The van der Waals surface area contributed by atoms with E-state index in [-0.39, 0.29) is 11.5 Å². The summed E-state index contributed by atoms with van der Waals surface area (Å²) in [5.74, 6) is 0. The minimum Gasteiger partial charge on any atom is -0.376 e. The number of hydrogen-bond acceptors (Lipinski definition) is 2. The Morgan fingerprint density at radius 1 is 1.05 bits per heavy atom. The third kappa shape index (κ3) is 1.95. The lowest BCUT2D eigenvalue weighted by Gasteiger charge is -2.27. The van der Waals surface area contributed by atoms with Gasteiger partial charge in [0.25, 0.3) is 0 Å². The van der Waals surface area contributed by atoms with Gasteiger partial charge in [0, 0.05) is 0 Å². The molecule has 1 aliphatic carbocycles. The quantitative estimate of drug-likeness (QED) is 0.786. The molecule has 4 rings (SSSR count). The van der Waals surface area contributed by atoms with Gasteiger partial charge >= 0.3 is 0 Å². The first kappa shape index (κ1) is 12.6. The highest BCUT2D eigenvalue weighted by Crippen LogP contribution is 2.38. The number of aryl methyl sites for hydroxylation is 2. The van der Waals surface area contributed by atoms with Crippen molar-refractivity contribution in [3.05, 3.63) is 47.0 Å². The van der Waals surface area contributed by atoms with Gasteiger partial charge in [0.15, 0.2) is 0 Å². The molecule has 2 nitrogen and oxygen atoms in total. The van der Waals surface area contributed by atoms with Gasteiger partial charge in [-0.15, -0.1) is 11.6 Å². The third-order valence-corrected chi connectivity index (χ3v) is 4.89. The average molecular weight is 289 g/mol. The van der Waals surface area contributed by atoms with Crippen LogP contribution in [0, 0.1) is 0 Å². The van der Waals surface area contributed by atoms with E-state index in [9.17, 15) is 0 Å². The van der Waals surface area contributed by atoms with E-state index in [4.69, 9.17) is 21.1 Å². The van der Waals surface area contributed by atoms with Crippen molar-refractivity contribution in [2.75, 3.05) is 19.8 Å². The summed E-state index contributed by atoms with van der Waals surface area (Å²) in [6.07, 6.45) is 2.24. The predicted molar refractivity (Wildman–Crippen MR) is 80.5 cm³/mol. The Morgan fingerprint density at radius 2 is 1.90 bits per heavy atom. The number of rotatable bonds is 2. The lowest BCUT2D eigenvalue weighted by atomic mass is 9.96. The molecule has 2 aliphatic rings. The Balaban J connectivity index is 1.80. The number of benzene rings is 2. The lowest BCUT2D eigenvalue weighted by Crippen LogP contribution is -2.32. The van der Waals surface area contributed by atoms with Crippen LogP contribution in [0.25, 0.3) is 10.8 Å². The molecule has 1 fully saturated rings. The summed E-state index contributed by atoms with van der Waals surface area (Å²) in [7, 11) is 0. The summed E-state index contributed by atoms with van der Waals surface area (Å²) >= 11 is 6.68. The maximum atomic E-state index is 6.68. The van der Waals surface area contributed by atoms with Crippen LogP contribution in [-0.2, 0) is 22.3 Å². The van der Waals surface area contributed by atoms with E-state index >= 15 is 0 Å². The van der Waals surface area contributed by atoms with Gasteiger partial charge < -0.3 is 9.47 Å². The Bertz CT molecular complexity index is 636. The molecule has 0 N–H and O–H groups in total. The normalized spacial score (nSPS) is 23.1. The Morgan fingerprint density at radius 3 is 2.70 bits per heavy atom. The molecule has 2 atom stereocenters. The maximum absolute atomic E-state index is 6.68. The van der Waals surface area contributed by atoms with Crippen LogP contribution < -0.4 is 0 Å². The van der Waals surface area contributed by atoms with Crippen molar-refractivity contribution >= 4 is 22.4 Å². The van der Waals surface area contributed by atoms with Crippen molar-refractivity contribution < 1.29 is 9.47 Å². The van der Waals surface area contributed by atoms with Gasteiger partial charge in [0.05, 0.1) is 25.2 Å². The van der Waals surface area contributed by atoms with E-state index in [2.05, 4.69) is 30.3 Å². The van der Waals surface area contributed by atoms with E-state index in [1.807, 2.05) is 0 Å². The summed E-state index contributed by atoms with van der Waals surface area (Å²) in [6.45, 7) is 1.89. The van der Waals surface area contributed by atoms with E-state index in [0.29, 0.717) is 19.8 Å². The van der Waals surface area contributed by atoms with Crippen LogP contribution in [0.5, 0.6) is 0 Å². The van der Waals surface area contributed by atoms with Crippen LogP contribution >= 0.6 is 11.6 Å². The Hall–Kier alpha value is -1.09. The van der Waals surface area contributed by atoms with Gasteiger partial charge in [-0.2, -0.15) is 0 Å². The summed E-state index contributed by atoms with van der Waals surface area (Å²) in [6, 6.07) is 10.9. The Labute approximate surface area is 123 Å². The molecule has 0 aromatic heterocycles. The molecule has 104 valence electrons. The van der Waals surface area contributed by atoms with Gasteiger partial charge in [-0.1, -0.05) is 30.3 Å². The molecule has 2 aromatic carbocycles. The predicted octanol–water partition coefficient (Wildman–Crippen LogP) is 3.63. The number of hydrogen-bond donors (Lipinski definition) is 0. The molecule has 0 radical (unpaired) electrons. The van der Waals surface area contributed by atoms with Gasteiger partial charge in [-0.05, 0) is 40.3 Å². The van der Waals surface area contributed by atoms with E-state index in [0.717, 1.165) is 12.8 Å². The zero-order valence-electron chi connectivity index (χ0n) is 11.3. The molecule has 2 aromatic rings. The van der Waals surface area contributed by atoms with Crippen molar-refractivity contribution in [1.29, 1.82) is 0 Å². The second kappa shape index (κ2) is 5.03. The van der Waals surface area contributed by atoms with Crippen molar-refractivity contribution in [3.8, 4) is 0 Å². The van der Waals surface area contributed by atoms with Crippen molar-refractivity contribution in [3.63, 3.8) is 0 Å². The number of ether oxygens (including phenoxy) is 2. The van der Waals surface area contributed by atoms with Crippen LogP contribution in [0.1, 0.15) is 22.1 Å². The molecule has 0 bridgehead atoms. The lowest BCUT2D eigenvalue weighted by molar-refractivity contribution is -0.0891. The minimum absolute atomic E-state index is 0.0520. The molecular weight excluding hydrogens is 272 g/mol. The van der Waals surface area contributed by atoms with E-state index in [1.54, 1.807) is 0 Å². The van der Waals surface area contributed by atoms with E-state index in [1.165, 1.54) is 27.5 Å². The highest BCUT2D eigenvalue weighted by Gasteiger charge is 2.27. The molecule has 3 heteroatoms. The van der Waals surface area contributed by atoms with Gasteiger partial charge in [-0.3, -0.25) is 0 Å². The SMILES string of the molecule is ClC(c1ccc2c3c(cccc13)CC2)C1COCCO1. The second-order valence-corrected chi connectivity index (χ2v) is 6.01. The van der Waals surface area contributed by atoms with Crippen LogP contribution in [-0.4, -0.2) is 25.9 Å². The molecule has 1 aliphatic heterocycles. The van der Waals surface area contributed by atoms with Gasteiger partial charge in [-0.25, -0.2) is 0 Å². The number of halogens is 1. The highest BCUT2D eigenvalue weighted by molar-refractivity contribution is 6.22. The molecule has 0 amide bonds. The summed E-state index contributed by atoms with van der Waals surface area (Å²) in [5.41, 5.74) is 4.07. The van der Waals surface area contributed by atoms with Crippen LogP contribution in [0.3, 0.4) is 0 Å². The zero-order chi connectivity index (χ0) is 13.5. The molecule has 0 saturated carbocycles. The first-order chi connectivity index (χ1) is 9.84. The third-order valence-electron chi connectivity index (χ3n) is 4.38. The zero-order valence-corrected chi connectivity index (χ0v) is 12.0. The van der Waals surface area contributed by atoms with Crippen LogP contribution in [0.2, 0.25) is 0 Å². The summed E-state index contributed by atoms with van der Waals surface area (Å²) < 4.78 is 11.2. The first-order valence-electron chi connectivity index (χ1n) is 7.21. The van der Waals surface area contributed by atoms with Gasteiger partial charge in [0.1, 0.15) is 6.10 Å². The van der Waals surface area contributed by atoms with Crippen LogP contribution in [0.4, 0.5) is 0 Å². The van der Waals surface area contributed by atoms with Crippen molar-refractivity contribution in [2.24, 2.45) is 0 Å². The van der Waals surface area contributed by atoms with Crippen LogP contribution in [0.15, 0.2) is 30.3 Å². The molecular formula is C17H17ClO2. The van der Waals surface area contributed by atoms with Gasteiger partial charge in [0.2, 0.25) is 0 Å². The smallest absolute Gasteiger partial charge is 0.101 e. The maximum Gasteiger partial charge on any atom is 0.101 e. The molecule has 20 heavy (non-hydrogen) atoms. The fourth-order valence-electron chi connectivity index (χ4n) is 3.39.